The number of halogens is 2. The number of nitrogens with one attached hydrogen (secondary N) is 1. The Morgan fingerprint density at radius 2 is 1.57 bits per heavy atom. The molecule has 0 spiro atoms. The smallest absolute Gasteiger partial charge is 0.262 e. The van der Waals surface area contributed by atoms with Gasteiger partial charge in [-0.2, -0.15) is 0 Å². The fourth-order valence-electron chi connectivity index (χ4n) is 4.60. The number of unbranched alkanes of at least 4 members (excludes halogenated alkanes) is 11. The van der Waals surface area contributed by atoms with Crippen LogP contribution in [0.15, 0.2) is 54.1 Å². The number of rotatable bonds is 20. The van der Waals surface area contributed by atoms with Crippen molar-refractivity contribution >= 4 is 40.3 Å². The SMILES string of the molecule is Br.CCCCCCCCCCCCCCOc1c(F)cccc1OCC(=O)Nc1ccccc1CN1C=CSC1. The molecular formula is C32H46BrFN2O3S. The second-order valence-corrected chi connectivity index (χ2v) is 11.0. The predicted octanol–water partition coefficient (Wildman–Crippen LogP) is 9.48. The van der Waals surface area contributed by atoms with Crippen molar-refractivity contribution in [2.45, 2.75) is 90.5 Å². The van der Waals surface area contributed by atoms with Gasteiger partial charge < -0.3 is 19.7 Å². The maximum absolute atomic E-state index is 14.5. The molecule has 1 N–H and O–H groups in total. The first kappa shape index (κ1) is 34.0. The average molecular weight is 638 g/mol. The highest BCUT2D eigenvalue weighted by Gasteiger charge is 2.15. The number of thioether (sulfide) groups is 1. The summed E-state index contributed by atoms with van der Waals surface area (Å²) in [6, 6.07) is 12.3. The highest BCUT2D eigenvalue weighted by molar-refractivity contribution is 8.93. The van der Waals surface area contributed by atoms with Crippen LogP contribution in [0.5, 0.6) is 11.5 Å². The van der Waals surface area contributed by atoms with Crippen LogP contribution in [0, 0.1) is 5.82 Å². The van der Waals surface area contributed by atoms with Gasteiger partial charge in [0, 0.05) is 18.4 Å². The third kappa shape index (κ3) is 13.0. The summed E-state index contributed by atoms with van der Waals surface area (Å²) in [7, 11) is 0. The van der Waals surface area contributed by atoms with E-state index in [4.69, 9.17) is 9.47 Å². The number of carbonyl (C=O) groups excluding carboxylic acids is 1. The van der Waals surface area contributed by atoms with E-state index < -0.39 is 5.82 Å². The van der Waals surface area contributed by atoms with Gasteiger partial charge in [0.2, 0.25) is 0 Å². The molecule has 8 heteroatoms. The number of carbonyl (C=O) groups is 1. The van der Waals surface area contributed by atoms with E-state index in [1.54, 1.807) is 23.9 Å². The molecule has 222 valence electrons. The van der Waals surface area contributed by atoms with Gasteiger partial charge in [-0.1, -0.05) is 102 Å². The van der Waals surface area contributed by atoms with Gasteiger partial charge in [0.1, 0.15) is 0 Å². The van der Waals surface area contributed by atoms with Crippen molar-refractivity contribution < 1.29 is 18.7 Å². The molecule has 0 saturated carbocycles. The van der Waals surface area contributed by atoms with E-state index in [1.807, 2.05) is 24.3 Å². The largest absolute Gasteiger partial charge is 0.487 e. The van der Waals surface area contributed by atoms with Crippen molar-refractivity contribution in [2.75, 3.05) is 24.4 Å². The lowest BCUT2D eigenvalue weighted by atomic mass is 10.1. The van der Waals surface area contributed by atoms with E-state index in [2.05, 4.69) is 28.7 Å². The van der Waals surface area contributed by atoms with Gasteiger partial charge in [-0.15, -0.1) is 28.7 Å². The Hall–Kier alpha value is -2.19. The molecule has 40 heavy (non-hydrogen) atoms. The molecule has 0 aromatic heterocycles. The minimum atomic E-state index is -0.478. The van der Waals surface area contributed by atoms with Crippen LogP contribution in [0.4, 0.5) is 10.1 Å². The fourth-order valence-corrected chi connectivity index (χ4v) is 5.31. The van der Waals surface area contributed by atoms with Crippen LogP contribution in [0.3, 0.4) is 0 Å². The molecule has 3 rings (SSSR count). The Morgan fingerprint density at radius 1 is 0.900 bits per heavy atom. The molecule has 0 bridgehead atoms. The van der Waals surface area contributed by atoms with Crippen LogP contribution in [0.1, 0.15) is 89.5 Å². The number of anilines is 1. The number of ether oxygens (including phenoxy) is 2. The summed E-state index contributed by atoms with van der Waals surface area (Å²) in [5.41, 5.74) is 1.77. The van der Waals surface area contributed by atoms with E-state index in [9.17, 15) is 9.18 Å². The van der Waals surface area contributed by atoms with Crippen molar-refractivity contribution in [2.24, 2.45) is 0 Å². The lowest BCUT2D eigenvalue weighted by molar-refractivity contribution is -0.118. The van der Waals surface area contributed by atoms with Crippen LogP contribution in [0.25, 0.3) is 0 Å². The molecule has 5 nitrogen and oxygen atoms in total. The van der Waals surface area contributed by atoms with Crippen molar-refractivity contribution in [1.29, 1.82) is 0 Å². The number of amides is 1. The van der Waals surface area contributed by atoms with Crippen molar-refractivity contribution in [1.82, 2.24) is 4.90 Å². The zero-order chi connectivity index (χ0) is 27.5. The van der Waals surface area contributed by atoms with E-state index >= 15 is 0 Å². The number of hydrogen-bond donors (Lipinski definition) is 1. The molecule has 1 amide bonds. The highest BCUT2D eigenvalue weighted by atomic mass is 79.9. The predicted molar refractivity (Wildman–Crippen MR) is 171 cm³/mol. The molecule has 2 aromatic carbocycles. The maximum atomic E-state index is 14.5. The van der Waals surface area contributed by atoms with Gasteiger partial charge in [-0.3, -0.25) is 4.79 Å². The lowest BCUT2D eigenvalue weighted by Gasteiger charge is -2.18. The Bertz CT molecular complexity index is 1020. The number of benzene rings is 2. The molecule has 0 fully saturated rings. The molecule has 0 saturated heterocycles. The first-order valence-electron chi connectivity index (χ1n) is 14.6. The Morgan fingerprint density at radius 3 is 2.25 bits per heavy atom. The van der Waals surface area contributed by atoms with Gasteiger partial charge in [-0.25, -0.2) is 4.39 Å². The molecular weight excluding hydrogens is 591 g/mol. The molecule has 1 aliphatic heterocycles. The van der Waals surface area contributed by atoms with Gasteiger partial charge in [-0.05, 0) is 35.6 Å². The third-order valence-electron chi connectivity index (χ3n) is 6.81. The minimum Gasteiger partial charge on any atom is -0.487 e. The Labute approximate surface area is 255 Å². The van der Waals surface area contributed by atoms with Gasteiger partial charge in [0.25, 0.3) is 5.91 Å². The Kier molecular flexibility index (Phi) is 17.6. The highest BCUT2D eigenvalue weighted by Crippen LogP contribution is 2.30. The van der Waals surface area contributed by atoms with Crippen LogP contribution >= 0.6 is 28.7 Å². The lowest BCUT2D eigenvalue weighted by Crippen LogP contribution is -2.22. The Balaban J connectivity index is 0.00000560. The molecule has 1 heterocycles. The number of para-hydroxylation sites is 2. The van der Waals surface area contributed by atoms with Crippen molar-refractivity contribution in [3.63, 3.8) is 0 Å². The molecule has 0 atom stereocenters. The summed E-state index contributed by atoms with van der Waals surface area (Å²) in [5, 5.41) is 4.99. The summed E-state index contributed by atoms with van der Waals surface area (Å²) in [4.78, 5) is 14.8. The summed E-state index contributed by atoms with van der Waals surface area (Å²) in [5.74, 6) is 0.440. The standard InChI is InChI=1S/C32H45FN2O3S.BrH/c1-2-3-4-5-6-7-8-9-10-11-12-15-22-37-32-28(33)18-16-20-30(32)38-25-31(36)34-29-19-14-13-17-27(29)24-35-21-23-39-26-35;/h13-14,16-21,23H,2-12,15,22,24-26H2,1H3,(H,34,36);1H. The second-order valence-electron chi connectivity index (χ2n) is 10.1. The second kappa shape index (κ2) is 20.7. The van der Waals surface area contributed by atoms with E-state index in [0.29, 0.717) is 13.2 Å². The molecule has 0 radical (unpaired) electrons. The summed E-state index contributed by atoms with van der Waals surface area (Å²) in [6.07, 6.45) is 17.2. The monoisotopic (exact) mass is 636 g/mol. The maximum Gasteiger partial charge on any atom is 0.262 e. The number of hydrogen-bond acceptors (Lipinski definition) is 5. The van der Waals surface area contributed by atoms with Crippen molar-refractivity contribution in [3.05, 3.63) is 65.5 Å². The minimum absolute atomic E-state index is 0. The van der Waals surface area contributed by atoms with Gasteiger partial charge in [0.05, 0.1) is 12.5 Å². The zero-order valence-electron chi connectivity index (χ0n) is 23.9. The van der Waals surface area contributed by atoms with Crippen LogP contribution in [-0.2, 0) is 11.3 Å². The van der Waals surface area contributed by atoms with E-state index in [0.717, 1.165) is 30.0 Å². The first-order chi connectivity index (χ1) is 19.2. The zero-order valence-corrected chi connectivity index (χ0v) is 26.4. The molecule has 2 aromatic rings. The van der Waals surface area contributed by atoms with Gasteiger partial charge in [0.15, 0.2) is 23.9 Å². The van der Waals surface area contributed by atoms with Crippen LogP contribution in [-0.4, -0.2) is 29.9 Å². The van der Waals surface area contributed by atoms with E-state index in [-0.39, 0.29) is 41.0 Å². The fraction of sp³-hybridized carbons (Fsp3) is 0.531. The van der Waals surface area contributed by atoms with Crippen LogP contribution in [0.2, 0.25) is 0 Å². The molecule has 0 unspecified atom stereocenters. The van der Waals surface area contributed by atoms with Crippen LogP contribution < -0.4 is 14.8 Å². The topological polar surface area (TPSA) is 50.8 Å². The van der Waals surface area contributed by atoms with Gasteiger partial charge >= 0.3 is 0 Å². The first-order valence-corrected chi connectivity index (χ1v) is 15.7. The summed E-state index contributed by atoms with van der Waals surface area (Å²) in [6.45, 7) is 3.16. The van der Waals surface area contributed by atoms with E-state index in [1.165, 1.54) is 70.3 Å². The molecule has 0 aliphatic carbocycles. The summed E-state index contributed by atoms with van der Waals surface area (Å²) < 4.78 is 25.9. The number of nitrogens with zero attached hydrogens (tertiary/aromatic N) is 1. The average Bonchev–Trinajstić information content (AvgIpc) is 3.45. The molecule has 1 aliphatic rings. The quantitative estimate of drug-likeness (QED) is 0.147. The third-order valence-corrected chi connectivity index (χ3v) is 7.60. The normalized spacial score (nSPS) is 12.3. The van der Waals surface area contributed by atoms with Crippen molar-refractivity contribution in [3.8, 4) is 11.5 Å². The summed E-state index contributed by atoms with van der Waals surface area (Å²) >= 11 is 1.74.